The van der Waals surface area contributed by atoms with Crippen LogP contribution < -0.4 is 10.1 Å². The summed E-state index contributed by atoms with van der Waals surface area (Å²) in [6.45, 7) is 3.58. The molecule has 1 saturated heterocycles. The number of hydrogen-bond acceptors (Lipinski definition) is 4. The van der Waals surface area contributed by atoms with E-state index < -0.39 is 17.9 Å². The highest BCUT2D eigenvalue weighted by atomic mass is 19.1. The average Bonchev–Trinajstić information content (AvgIpc) is 2.76. The standard InChI is InChI=1S/C13H16FNO3/c1-2-15-8-9-4-3-5-10(14)12(9)18-11-6-7-17-13(11)16/h3-5,11,15H,2,6-8H2,1H3. The van der Waals surface area contributed by atoms with Crippen LogP contribution in [0.4, 0.5) is 4.39 Å². The average molecular weight is 253 g/mol. The molecule has 1 aliphatic heterocycles. The maximum atomic E-state index is 13.8. The Kier molecular flexibility index (Phi) is 4.15. The van der Waals surface area contributed by atoms with Crippen molar-refractivity contribution in [2.45, 2.75) is 26.0 Å². The van der Waals surface area contributed by atoms with Gasteiger partial charge in [0.1, 0.15) is 0 Å². The summed E-state index contributed by atoms with van der Waals surface area (Å²) < 4.78 is 24.0. The molecule has 1 N–H and O–H groups in total. The minimum absolute atomic E-state index is 0.141. The van der Waals surface area contributed by atoms with Crippen LogP contribution in [0.1, 0.15) is 18.9 Å². The fraction of sp³-hybridized carbons (Fsp3) is 0.462. The highest BCUT2D eigenvalue weighted by Gasteiger charge is 2.29. The van der Waals surface area contributed by atoms with Crippen molar-refractivity contribution in [3.63, 3.8) is 0 Å². The molecule has 4 nitrogen and oxygen atoms in total. The van der Waals surface area contributed by atoms with Crippen molar-refractivity contribution in [2.24, 2.45) is 0 Å². The number of para-hydroxylation sites is 1. The van der Waals surface area contributed by atoms with Crippen LogP contribution >= 0.6 is 0 Å². The minimum atomic E-state index is -0.692. The molecule has 2 rings (SSSR count). The SMILES string of the molecule is CCNCc1cccc(F)c1OC1CCOC1=O. The molecular weight excluding hydrogens is 237 g/mol. The van der Waals surface area contributed by atoms with Gasteiger partial charge in [0, 0.05) is 18.5 Å². The zero-order chi connectivity index (χ0) is 13.0. The maximum Gasteiger partial charge on any atom is 0.347 e. The van der Waals surface area contributed by atoms with Gasteiger partial charge in [0.25, 0.3) is 0 Å². The lowest BCUT2D eigenvalue weighted by molar-refractivity contribution is -0.143. The summed E-state index contributed by atoms with van der Waals surface area (Å²) in [7, 11) is 0. The van der Waals surface area contributed by atoms with Gasteiger partial charge in [-0.3, -0.25) is 0 Å². The molecule has 1 heterocycles. The number of rotatable bonds is 5. The Balaban J connectivity index is 2.16. The molecule has 0 aliphatic carbocycles. The zero-order valence-corrected chi connectivity index (χ0v) is 10.2. The van der Waals surface area contributed by atoms with Gasteiger partial charge in [0.05, 0.1) is 6.61 Å². The van der Waals surface area contributed by atoms with Crippen molar-refractivity contribution < 1.29 is 18.7 Å². The van der Waals surface area contributed by atoms with E-state index >= 15 is 0 Å². The number of hydrogen-bond donors (Lipinski definition) is 1. The Morgan fingerprint density at radius 1 is 1.56 bits per heavy atom. The van der Waals surface area contributed by atoms with Crippen molar-refractivity contribution in [1.82, 2.24) is 5.32 Å². The Bertz CT molecular complexity index is 436. The van der Waals surface area contributed by atoms with Crippen LogP contribution in [0.3, 0.4) is 0 Å². The molecule has 0 aromatic heterocycles. The topological polar surface area (TPSA) is 47.6 Å². The first-order chi connectivity index (χ1) is 8.72. The van der Waals surface area contributed by atoms with Crippen LogP contribution in [0.5, 0.6) is 5.75 Å². The lowest BCUT2D eigenvalue weighted by atomic mass is 10.2. The van der Waals surface area contributed by atoms with Crippen LogP contribution in [0.2, 0.25) is 0 Å². The molecule has 98 valence electrons. The second kappa shape index (κ2) is 5.82. The van der Waals surface area contributed by atoms with E-state index in [1.165, 1.54) is 6.07 Å². The second-order valence-electron chi connectivity index (χ2n) is 4.07. The summed E-state index contributed by atoms with van der Waals surface area (Å²) in [5, 5.41) is 3.11. The predicted molar refractivity (Wildman–Crippen MR) is 63.8 cm³/mol. The molecule has 1 aromatic rings. The Labute approximate surface area is 105 Å². The predicted octanol–water partition coefficient (Wildman–Crippen LogP) is 1.63. The van der Waals surface area contributed by atoms with E-state index in [9.17, 15) is 9.18 Å². The van der Waals surface area contributed by atoms with Gasteiger partial charge in [-0.2, -0.15) is 0 Å². The summed E-state index contributed by atoms with van der Waals surface area (Å²) in [5.41, 5.74) is 0.705. The second-order valence-corrected chi connectivity index (χ2v) is 4.07. The van der Waals surface area contributed by atoms with E-state index in [1.54, 1.807) is 12.1 Å². The van der Waals surface area contributed by atoms with Gasteiger partial charge in [-0.1, -0.05) is 19.1 Å². The molecule has 0 radical (unpaired) electrons. The van der Waals surface area contributed by atoms with Crippen LogP contribution in [0.15, 0.2) is 18.2 Å². The first-order valence-corrected chi connectivity index (χ1v) is 6.03. The Morgan fingerprint density at radius 2 is 2.39 bits per heavy atom. The molecule has 0 saturated carbocycles. The fourth-order valence-electron chi connectivity index (χ4n) is 1.81. The molecule has 5 heteroatoms. The summed E-state index contributed by atoms with van der Waals surface area (Å²) in [6, 6.07) is 4.73. The molecule has 18 heavy (non-hydrogen) atoms. The highest BCUT2D eigenvalue weighted by Crippen LogP contribution is 2.26. The third-order valence-electron chi connectivity index (χ3n) is 2.76. The molecule has 0 bridgehead atoms. The van der Waals surface area contributed by atoms with E-state index in [4.69, 9.17) is 9.47 Å². The quantitative estimate of drug-likeness (QED) is 0.810. The summed E-state index contributed by atoms with van der Waals surface area (Å²) in [4.78, 5) is 11.3. The van der Waals surface area contributed by atoms with E-state index in [0.29, 0.717) is 25.1 Å². The number of cyclic esters (lactones) is 1. The van der Waals surface area contributed by atoms with Crippen LogP contribution in [-0.2, 0) is 16.1 Å². The molecule has 1 aliphatic rings. The third-order valence-corrected chi connectivity index (χ3v) is 2.76. The largest absolute Gasteiger partial charge is 0.475 e. The summed E-state index contributed by atoms with van der Waals surface area (Å²) in [6.07, 6.45) is -0.226. The number of carbonyl (C=O) groups excluding carboxylic acids is 1. The Hall–Kier alpha value is -1.62. The van der Waals surface area contributed by atoms with Gasteiger partial charge in [-0.05, 0) is 12.6 Å². The van der Waals surface area contributed by atoms with E-state index in [-0.39, 0.29) is 5.75 Å². The first kappa shape index (κ1) is 12.8. The monoisotopic (exact) mass is 253 g/mol. The Morgan fingerprint density at radius 3 is 3.06 bits per heavy atom. The molecular formula is C13H16FNO3. The molecule has 1 fully saturated rings. The number of ether oxygens (including phenoxy) is 2. The van der Waals surface area contributed by atoms with Gasteiger partial charge in [0.15, 0.2) is 17.7 Å². The van der Waals surface area contributed by atoms with Gasteiger partial charge in [0.2, 0.25) is 0 Å². The molecule has 1 aromatic carbocycles. The van der Waals surface area contributed by atoms with Gasteiger partial charge in [-0.15, -0.1) is 0 Å². The fourth-order valence-corrected chi connectivity index (χ4v) is 1.81. The van der Waals surface area contributed by atoms with Crippen molar-refractivity contribution >= 4 is 5.97 Å². The molecule has 1 atom stereocenters. The minimum Gasteiger partial charge on any atom is -0.475 e. The zero-order valence-electron chi connectivity index (χ0n) is 10.2. The van der Waals surface area contributed by atoms with E-state index in [2.05, 4.69) is 5.32 Å². The number of nitrogens with one attached hydrogen (secondary N) is 1. The van der Waals surface area contributed by atoms with Crippen LogP contribution in [0, 0.1) is 5.82 Å². The van der Waals surface area contributed by atoms with E-state index in [0.717, 1.165) is 6.54 Å². The highest BCUT2D eigenvalue weighted by molar-refractivity contribution is 5.76. The van der Waals surface area contributed by atoms with Gasteiger partial charge < -0.3 is 14.8 Å². The van der Waals surface area contributed by atoms with Crippen molar-refractivity contribution in [3.8, 4) is 5.75 Å². The molecule has 1 unspecified atom stereocenters. The number of carbonyl (C=O) groups is 1. The summed E-state index contributed by atoms with van der Waals surface area (Å²) >= 11 is 0. The van der Waals surface area contributed by atoms with Crippen molar-refractivity contribution in [2.75, 3.05) is 13.2 Å². The maximum absolute atomic E-state index is 13.8. The third kappa shape index (κ3) is 2.79. The number of benzene rings is 1. The van der Waals surface area contributed by atoms with Gasteiger partial charge >= 0.3 is 5.97 Å². The molecule has 0 amide bonds. The number of halogens is 1. The van der Waals surface area contributed by atoms with Crippen molar-refractivity contribution in [1.29, 1.82) is 0 Å². The molecule has 0 spiro atoms. The lowest BCUT2D eigenvalue weighted by Gasteiger charge is -2.15. The number of esters is 1. The lowest BCUT2D eigenvalue weighted by Crippen LogP contribution is -2.23. The summed E-state index contributed by atoms with van der Waals surface area (Å²) in [5.74, 6) is -0.736. The van der Waals surface area contributed by atoms with Crippen LogP contribution in [-0.4, -0.2) is 25.2 Å². The van der Waals surface area contributed by atoms with E-state index in [1.807, 2.05) is 6.92 Å². The smallest absolute Gasteiger partial charge is 0.347 e. The van der Waals surface area contributed by atoms with Crippen LogP contribution in [0.25, 0.3) is 0 Å². The van der Waals surface area contributed by atoms with Gasteiger partial charge in [-0.25, -0.2) is 9.18 Å². The first-order valence-electron chi connectivity index (χ1n) is 6.03. The normalized spacial score (nSPS) is 18.8. The van der Waals surface area contributed by atoms with Crippen molar-refractivity contribution in [3.05, 3.63) is 29.6 Å².